The fourth-order valence-corrected chi connectivity index (χ4v) is 3.27. The third-order valence-electron chi connectivity index (χ3n) is 3.34. The van der Waals surface area contributed by atoms with E-state index in [2.05, 4.69) is 4.72 Å². The van der Waals surface area contributed by atoms with Crippen LogP contribution in [0, 0.1) is 0 Å². The summed E-state index contributed by atoms with van der Waals surface area (Å²) in [5.41, 5.74) is -1.56. The number of hydrogen-bond acceptors (Lipinski definition) is 4. The van der Waals surface area contributed by atoms with Gasteiger partial charge in [-0.05, 0) is 42.5 Å². The topological polar surface area (TPSA) is 76.4 Å². The average molecular weight is 369 g/mol. The Balaban J connectivity index is 1.97. The van der Waals surface area contributed by atoms with E-state index in [1.807, 2.05) is 0 Å². The van der Waals surface area contributed by atoms with Gasteiger partial charge in [0, 0.05) is 17.1 Å². The van der Waals surface area contributed by atoms with Crippen molar-refractivity contribution in [1.82, 2.24) is 0 Å². The molecule has 5 nitrogen and oxygen atoms in total. The van der Waals surface area contributed by atoms with Crippen molar-refractivity contribution < 1.29 is 26.0 Å². The quantitative estimate of drug-likeness (QED) is 0.716. The number of rotatable bonds is 3. The molecule has 0 bridgehead atoms. The minimum Gasteiger partial charge on any atom is -0.423 e. The maximum absolute atomic E-state index is 12.7. The van der Waals surface area contributed by atoms with Gasteiger partial charge in [0.05, 0.1) is 10.5 Å². The highest BCUT2D eigenvalue weighted by Crippen LogP contribution is 2.31. The van der Waals surface area contributed by atoms with Crippen molar-refractivity contribution in [2.45, 2.75) is 11.1 Å². The molecule has 0 aliphatic carbocycles. The molecule has 130 valence electrons. The van der Waals surface area contributed by atoms with Gasteiger partial charge in [0.15, 0.2) is 0 Å². The third kappa shape index (κ3) is 3.66. The molecule has 25 heavy (non-hydrogen) atoms. The summed E-state index contributed by atoms with van der Waals surface area (Å²) in [7, 11) is -4.11. The van der Waals surface area contributed by atoms with E-state index in [1.54, 1.807) is 0 Å². The Morgan fingerprint density at radius 3 is 2.44 bits per heavy atom. The largest absolute Gasteiger partial charge is 0.423 e. The maximum Gasteiger partial charge on any atom is 0.416 e. The summed E-state index contributed by atoms with van der Waals surface area (Å²) in [6.45, 7) is 0. The fourth-order valence-electron chi connectivity index (χ4n) is 2.19. The Labute approximate surface area is 139 Å². The van der Waals surface area contributed by atoms with Gasteiger partial charge in [-0.3, -0.25) is 4.72 Å². The van der Waals surface area contributed by atoms with Gasteiger partial charge in [0.25, 0.3) is 10.0 Å². The van der Waals surface area contributed by atoms with Crippen LogP contribution in [0.25, 0.3) is 11.0 Å². The number of hydrogen-bond donors (Lipinski definition) is 1. The maximum atomic E-state index is 12.7. The zero-order chi connectivity index (χ0) is 18.2. The first-order chi connectivity index (χ1) is 11.6. The molecule has 0 radical (unpaired) electrons. The number of benzene rings is 2. The Kier molecular flexibility index (Phi) is 4.03. The molecule has 0 saturated heterocycles. The van der Waals surface area contributed by atoms with E-state index in [-0.39, 0.29) is 16.2 Å². The average Bonchev–Trinajstić information content (AvgIpc) is 2.53. The van der Waals surface area contributed by atoms with Crippen LogP contribution in [-0.4, -0.2) is 8.42 Å². The summed E-state index contributed by atoms with van der Waals surface area (Å²) in [5.74, 6) is 0. The van der Waals surface area contributed by atoms with Crippen molar-refractivity contribution in [3.05, 3.63) is 70.6 Å². The van der Waals surface area contributed by atoms with E-state index in [0.29, 0.717) is 11.5 Å². The van der Waals surface area contributed by atoms with E-state index in [4.69, 9.17) is 4.42 Å². The number of alkyl halides is 3. The molecule has 3 aromatic rings. The summed E-state index contributed by atoms with van der Waals surface area (Å²) in [5, 5.41) is 0.367. The van der Waals surface area contributed by atoms with Crippen molar-refractivity contribution in [1.29, 1.82) is 0 Å². The first kappa shape index (κ1) is 17.0. The molecule has 2 aromatic carbocycles. The molecule has 0 fully saturated rings. The lowest BCUT2D eigenvalue weighted by molar-refractivity contribution is -0.137. The summed E-state index contributed by atoms with van der Waals surface area (Å²) < 4.78 is 69.9. The zero-order valence-corrected chi connectivity index (χ0v) is 13.2. The van der Waals surface area contributed by atoms with E-state index < -0.39 is 27.4 Å². The van der Waals surface area contributed by atoms with E-state index in [9.17, 15) is 26.4 Å². The molecule has 0 atom stereocenters. The number of anilines is 1. The van der Waals surface area contributed by atoms with E-state index in [0.717, 1.165) is 18.2 Å². The molecule has 0 saturated carbocycles. The van der Waals surface area contributed by atoms with E-state index >= 15 is 0 Å². The lowest BCUT2D eigenvalue weighted by Crippen LogP contribution is -2.14. The van der Waals surface area contributed by atoms with E-state index in [1.165, 1.54) is 30.3 Å². The second-order valence-electron chi connectivity index (χ2n) is 5.14. The van der Waals surface area contributed by atoms with Crippen LogP contribution < -0.4 is 10.3 Å². The molecule has 0 aliphatic rings. The molecule has 0 aliphatic heterocycles. The Morgan fingerprint density at radius 2 is 1.72 bits per heavy atom. The zero-order valence-electron chi connectivity index (χ0n) is 12.4. The minimum absolute atomic E-state index is 0.175. The summed E-state index contributed by atoms with van der Waals surface area (Å²) in [4.78, 5) is 11.0. The van der Waals surface area contributed by atoms with Crippen LogP contribution >= 0.6 is 0 Å². The highest BCUT2D eigenvalue weighted by Gasteiger charge is 2.30. The predicted octanol–water partition coefficient (Wildman–Crippen LogP) is 3.61. The van der Waals surface area contributed by atoms with Crippen molar-refractivity contribution in [3.63, 3.8) is 0 Å². The Hall–Kier alpha value is -2.81. The monoisotopic (exact) mass is 369 g/mol. The van der Waals surface area contributed by atoms with Crippen LogP contribution in [0.1, 0.15) is 5.56 Å². The van der Waals surface area contributed by atoms with Crippen molar-refractivity contribution in [2.24, 2.45) is 0 Å². The fraction of sp³-hybridized carbons (Fsp3) is 0.0625. The third-order valence-corrected chi connectivity index (χ3v) is 4.72. The highest BCUT2D eigenvalue weighted by molar-refractivity contribution is 7.92. The molecule has 9 heteroatoms. The van der Waals surface area contributed by atoms with Gasteiger partial charge in [0.2, 0.25) is 0 Å². The molecule has 0 unspecified atom stereocenters. The van der Waals surface area contributed by atoms with Crippen LogP contribution in [0.5, 0.6) is 0 Å². The Morgan fingerprint density at radius 1 is 0.960 bits per heavy atom. The smallest absolute Gasteiger partial charge is 0.416 e. The van der Waals surface area contributed by atoms with Crippen LogP contribution in [0.15, 0.2) is 68.7 Å². The van der Waals surface area contributed by atoms with Gasteiger partial charge in [-0.2, -0.15) is 13.2 Å². The molecule has 1 aromatic heterocycles. The number of sulfonamides is 1. The normalized spacial score (nSPS) is 12.3. The van der Waals surface area contributed by atoms with Crippen LogP contribution in [0.2, 0.25) is 0 Å². The molecular weight excluding hydrogens is 359 g/mol. The van der Waals surface area contributed by atoms with Crippen LogP contribution in [0.3, 0.4) is 0 Å². The lowest BCUT2D eigenvalue weighted by atomic mass is 10.2. The molecule has 3 rings (SSSR count). The number of nitrogens with one attached hydrogen (secondary N) is 1. The second-order valence-corrected chi connectivity index (χ2v) is 6.82. The summed E-state index contributed by atoms with van der Waals surface area (Å²) in [6.07, 6.45) is -4.58. The summed E-state index contributed by atoms with van der Waals surface area (Å²) >= 11 is 0. The Bertz CT molecular complexity index is 1100. The van der Waals surface area contributed by atoms with Crippen molar-refractivity contribution >= 4 is 26.7 Å². The predicted molar refractivity (Wildman–Crippen MR) is 84.7 cm³/mol. The van der Waals surface area contributed by atoms with Gasteiger partial charge < -0.3 is 4.42 Å². The van der Waals surface area contributed by atoms with Crippen molar-refractivity contribution in [2.75, 3.05) is 4.72 Å². The van der Waals surface area contributed by atoms with Gasteiger partial charge in [-0.15, -0.1) is 0 Å². The minimum atomic E-state index is -4.58. The molecule has 0 amide bonds. The van der Waals surface area contributed by atoms with Gasteiger partial charge in [-0.1, -0.05) is 6.07 Å². The molecular formula is C16H10F3NO4S. The SMILES string of the molecule is O=c1ccc2cc(S(=O)(=O)Nc3cccc(C(F)(F)F)c3)ccc2o1. The number of fused-ring (bicyclic) bond motifs is 1. The van der Waals surface area contributed by atoms with Gasteiger partial charge >= 0.3 is 11.8 Å². The standard InChI is InChI=1S/C16H10F3NO4S/c17-16(18,19)11-2-1-3-12(9-11)20-25(22,23)13-5-6-14-10(8-13)4-7-15(21)24-14/h1-9,20H. The number of halogens is 3. The van der Waals surface area contributed by atoms with Gasteiger partial charge in [-0.25, -0.2) is 13.2 Å². The van der Waals surface area contributed by atoms with Gasteiger partial charge in [0.1, 0.15) is 5.58 Å². The second kappa shape index (κ2) is 5.92. The van der Waals surface area contributed by atoms with Crippen LogP contribution in [-0.2, 0) is 16.2 Å². The molecule has 1 N–H and O–H groups in total. The van der Waals surface area contributed by atoms with Crippen LogP contribution in [0.4, 0.5) is 18.9 Å². The molecule has 1 heterocycles. The summed E-state index contributed by atoms with van der Waals surface area (Å²) in [6, 6.07) is 10.2. The molecule has 0 spiro atoms. The lowest BCUT2D eigenvalue weighted by Gasteiger charge is -2.11. The first-order valence-corrected chi connectivity index (χ1v) is 8.37. The van der Waals surface area contributed by atoms with Crippen molar-refractivity contribution in [3.8, 4) is 0 Å². The first-order valence-electron chi connectivity index (χ1n) is 6.89. The highest BCUT2D eigenvalue weighted by atomic mass is 32.2.